The fraction of sp³-hybridized carbons (Fsp3) is 0.600. The summed E-state index contributed by atoms with van der Waals surface area (Å²) in [7, 11) is 1.84. The number of hydrogen-bond acceptors (Lipinski definition) is 4. The van der Waals surface area contributed by atoms with Crippen molar-refractivity contribution in [3.05, 3.63) is 11.9 Å². The highest BCUT2D eigenvalue weighted by molar-refractivity contribution is 5.69. The highest BCUT2D eigenvalue weighted by Crippen LogP contribution is 2.12. The van der Waals surface area contributed by atoms with Gasteiger partial charge in [-0.3, -0.25) is 9.48 Å². The van der Waals surface area contributed by atoms with Gasteiger partial charge in [0.05, 0.1) is 24.2 Å². The summed E-state index contributed by atoms with van der Waals surface area (Å²) in [6.07, 6.45) is 3.54. The van der Waals surface area contributed by atoms with E-state index in [-0.39, 0.29) is 5.97 Å². The molecule has 0 unspecified atom stereocenters. The second kappa shape index (κ2) is 5.38. The van der Waals surface area contributed by atoms with Crippen LogP contribution in [0.1, 0.15) is 25.5 Å². The van der Waals surface area contributed by atoms with Gasteiger partial charge < -0.3 is 10.5 Å². The number of nitrogen functional groups attached to an aromatic ring is 1. The van der Waals surface area contributed by atoms with Crippen LogP contribution in [0.15, 0.2) is 6.20 Å². The normalized spacial score (nSPS) is 10.3. The number of hydrogen-bond donors (Lipinski definition) is 1. The molecule has 0 spiro atoms. The maximum atomic E-state index is 11.1. The van der Waals surface area contributed by atoms with Crippen LogP contribution < -0.4 is 5.73 Å². The van der Waals surface area contributed by atoms with Gasteiger partial charge in [-0.2, -0.15) is 5.10 Å². The van der Waals surface area contributed by atoms with E-state index in [2.05, 4.69) is 5.10 Å². The fourth-order valence-electron chi connectivity index (χ4n) is 1.42. The minimum Gasteiger partial charge on any atom is -0.466 e. The molecule has 5 heteroatoms. The number of carbonyl (C=O) groups excluding carboxylic acids is 1. The van der Waals surface area contributed by atoms with Gasteiger partial charge in [0, 0.05) is 13.5 Å². The zero-order valence-electron chi connectivity index (χ0n) is 9.19. The van der Waals surface area contributed by atoms with Crippen molar-refractivity contribution in [2.45, 2.75) is 26.2 Å². The zero-order chi connectivity index (χ0) is 11.3. The first-order chi connectivity index (χ1) is 7.15. The molecule has 0 atom stereocenters. The van der Waals surface area contributed by atoms with Gasteiger partial charge in [-0.05, 0) is 19.8 Å². The predicted octanol–water partition coefficient (Wildman–Crippen LogP) is 0.888. The van der Waals surface area contributed by atoms with Crippen LogP contribution in [0.5, 0.6) is 0 Å². The molecule has 0 aromatic carbocycles. The molecule has 0 amide bonds. The standard InChI is InChI=1S/C10H17N3O2/c1-3-15-10(14)6-4-5-9-8(11)7-12-13(9)2/h7H,3-6,11H2,1-2H3. The van der Waals surface area contributed by atoms with Crippen LogP contribution in [0.3, 0.4) is 0 Å². The van der Waals surface area contributed by atoms with Crippen molar-refractivity contribution >= 4 is 11.7 Å². The minimum atomic E-state index is -0.154. The first-order valence-electron chi connectivity index (χ1n) is 5.07. The average Bonchev–Trinajstić information content (AvgIpc) is 2.49. The summed E-state index contributed by atoms with van der Waals surface area (Å²) in [6.45, 7) is 2.24. The molecule has 15 heavy (non-hydrogen) atoms. The third-order valence-corrected chi connectivity index (χ3v) is 2.19. The topological polar surface area (TPSA) is 70.1 Å². The van der Waals surface area contributed by atoms with Crippen LogP contribution in [-0.4, -0.2) is 22.4 Å². The molecular weight excluding hydrogens is 194 g/mol. The van der Waals surface area contributed by atoms with E-state index in [1.54, 1.807) is 17.8 Å². The molecule has 84 valence electrons. The van der Waals surface area contributed by atoms with Crippen LogP contribution >= 0.6 is 0 Å². The SMILES string of the molecule is CCOC(=O)CCCc1c(N)cnn1C. The van der Waals surface area contributed by atoms with Gasteiger partial charge in [0.2, 0.25) is 0 Å². The Labute approximate surface area is 89.2 Å². The summed E-state index contributed by atoms with van der Waals surface area (Å²) in [5.41, 5.74) is 7.37. The summed E-state index contributed by atoms with van der Waals surface area (Å²) in [5, 5.41) is 4.03. The summed E-state index contributed by atoms with van der Waals surface area (Å²) in [4.78, 5) is 11.1. The number of esters is 1. The third-order valence-electron chi connectivity index (χ3n) is 2.19. The molecule has 1 rings (SSSR count). The van der Waals surface area contributed by atoms with E-state index in [0.717, 1.165) is 18.5 Å². The maximum Gasteiger partial charge on any atom is 0.305 e. The number of rotatable bonds is 5. The Hall–Kier alpha value is -1.52. The van der Waals surface area contributed by atoms with Crippen molar-refractivity contribution in [1.29, 1.82) is 0 Å². The smallest absolute Gasteiger partial charge is 0.305 e. The summed E-state index contributed by atoms with van der Waals surface area (Å²) < 4.78 is 6.57. The maximum absolute atomic E-state index is 11.1. The second-order valence-corrected chi connectivity index (χ2v) is 3.33. The van der Waals surface area contributed by atoms with Crippen LogP contribution in [0, 0.1) is 0 Å². The molecule has 1 heterocycles. The van der Waals surface area contributed by atoms with Gasteiger partial charge in [0.15, 0.2) is 0 Å². The van der Waals surface area contributed by atoms with Crippen LogP contribution in [-0.2, 0) is 23.0 Å². The lowest BCUT2D eigenvalue weighted by molar-refractivity contribution is -0.143. The van der Waals surface area contributed by atoms with E-state index in [0.29, 0.717) is 18.7 Å². The van der Waals surface area contributed by atoms with E-state index < -0.39 is 0 Å². The minimum absolute atomic E-state index is 0.154. The molecule has 0 radical (unpaired) electrons. The molecule has 2 N–H and O–H groups in total. The molecule has 0 saturated heterocycles. The molecule has 0 aliphatic rings. The summed E-state index contributed by atoms with van der Waals surface area (Å²) >= 11 is 0. The largest absolute Gasteiger partial charge is 0.466 e. The summed E-state index contributed by atoms with van der Waals surface area (Å²) in [6, 6.07) is 0. The molecule has 0 bridgehead atoms. The highest BCUT2D eigenvalue weighted by Gasteiger charge is 2.07. The second-order valence-electron chi connectivity index (χ2n) is 3.33. The third kappa shape index (κ3) is 3.27. The van der Waals surface area contributed by atoms with Gasteiger partial charge in [0.25, 0.3) is 0 Å². The molecular formula is C10H17N3O2. The Balaban J connectivity index is 2.35. The Bertz CT molecular complexity index is 314. The number of ether oxygens (including phenoxy) is 1. The predicted molar refractivity (Wildman–Crippen MR) is 57.2 cm³/mol. The molecule has 5 nitrogen and oxygen atoms in total. The van der Waals surface area contributed by atoms with E-state index in [1.165, 1.54) is 0 Å². The molecule has 0 fully saturated rings. The number of nitrogens with two attached hydrogens (primary N) is 1. The zero-order valence-corrected chi connectivity index (χ0v) is 9.19. The quantitative estimate of drug-likeness (QED) is 0.734. The van der Waals surface area contributed by atoms with Gasteiger partial charge in [-0.1, -0.05) is 0 Å². The van der Waals surface area contributed by atoms with E-state index in [9.17, 15) is 4.79 Å². The molecule has 1 aromatic rings. The monoisotopic (exact) mass is 211 g/mol. The Morgan fingerprint density at radius 1 is 1.67 bits per heavy atom. The van der Waals surface area contributed by atoms with Gasteiger partial charge in [-0.15, -0.1) is 0 Å². The van der Waals surface area contributed by atoms with Gasteiger partial charge >= 0.3 is 5.97 Å². The summed E-state index contributed by atoms with van der Waals surface area (Å²) in [5.74, 6) is -0.154. The van der Waals surface area contributed by atoms with Crippen molar-refractivity contribution in [3.8, 4) is 0 Å². The Morgan fingerprint density at radius 2 is 2.40 bits per heavy atom. The lowest BCUT2D eigenvalue weighted by Gasteiger charge is -2.03. The number of nitrogens with zero attached hydrogens (tertiary/aromatic N) is 2. The first-order valence-corrected chi connectivity index (χ1v) is 5.07. The molecule has 0 aliphatic heterocycles. The van der Waals surface area contributed by atoms with E-state index >= 15 is 0 Å². The van der Waals surface area contributed by atoms with Crippen molar-refractivity contribution in [1.82, 2.24) is 9.78 Å². The van der Waals surface area contributed by atoms with Gasteiger partial charge in [-0.25, -0.2) is 0 Å². The number of anilines is 1. The fourth-order valence-corrected chi connectivity index (χ4v) is 1.42. The average molecular weight is 211 g/mol. The van der Waals surface area contributed by atoms with Crippen molar-refractivity contribution in [2.75, 3.05) is 12.3 Å². The van der Waals surface area contributed by atoms with Crippen LogP contribution in [0.4, 0.5) is 5.69 Å². The molecule has 0 aliphatic carbocycles. The molecule has 0 saturated carbocycles. The number of carbonyl (C=O) groups is 1. The Morgan fingerprint density at radius 3 is 2.93 bits per heavy atom. The van der Waals surface area contributed by atoms with Gasteiger partial charge in [0.1, 0.15) is 0 Å². The highest BCUT2D eigenvalue weighted by atomic mass is 16.5. The molecule has 1 aromatic heterocycles. The lowest BCUT2D eigenvalue weighted by atomic mass is 10.2. The lowest BCUT2D eigenvalue weighted by Crippen LogP contribution is -2.06. The van der Waals surface area contributed by atoms with Crippen molar-refractivity contribution in [3.63, 3.8) is 0 Å². The van der Waals surface area contributed by atoms with E-state index in [4.69, 9.17) is 10.5 Å². The first kappa shape index (κ1) is 11.6. The van der Waals surface area contributed by atoms with Crippen LogP contribution in [0.25, 0.3) is 0 Å². The van der Waals surface area contributed by atoms with E-state index in [1.807, 2.05) is 7.05 Å². The van der Waals surface area contributed by atoms with Crippen molar-refractivity contribution < 1.29 is 9.53 Å². The van der Waals surface area contributed by atoms with Crippen LogP contribution in [0.2, 0.25) is 0 Å². The number of aryl methyl sites for hydroxylation is 1. The Kier molecular flexibility index (Phi) is 4.15. The van der Waals surface area contributed by atoms with Crippen molar-refractivity contribution in [2.24, 2.45) is 7.05 Å². The number of aromatic nitrogens is 2.